The highest BCUT2D eigenvalue weighted by Crippen LogP contribution is 2.31. The summed E-state index contributed by atoms with van der Waals surface area (Å²) in [5, 5.41) is 2.94. The molecule has 86 valence electrons. The van der Waals surface area contributed by atoms with Crippen molar-refractivity contribution in [2.45, 2.75) is 31.7 Å². The van der Waals surface area contributed by atoms with Crippen LogP contribution in [0, 0.1) is 5.82 Å². The molecule has 16 heavy (non-hydrogen) atoms. The highest BCUT2D eigenvalue weighted by atomic mass is 79.9. The zero-order valence-corrected chi connectivity index (χ0v) is 10.6. The average Bonchev–Trinajstić information content (AvgIpc) is 2.19. The van der Waals surface area contributed by atoms with Gasteiger partial charge in [-0.05, 0) is 60.3 Å². The first-order valence-corrected chi connectivity index (χ1v) is 6.07. The third-order valence-electron chi connectivity index (χ3n) is 3.05. The second kappa shape index (κ2) is 4.17. The fraction of sp³-hybridized carbons (Fsp3) is 0.417. The van der Waals surface area contributed by atoms with Crippen LogP contribution in [-0.4, -0.2) is 11.4 Å². The topological polar surface area (TPSA) is 29.1 Å². The lowest BCUT2D eigenvalue weighted by atomic mass is 9.78. The first kappa shape index (κ1) is 11.6. The monoisotopic (exact) mass is 285 g/mol. The number of amides is 1. The highest BCUT2D eigenvalue weighted by Gasteiger charge is 2.33. The Morgan fingerprint density at radius 2 is 2.19 bits per heavy atom. The fourth-order valence-electron chi connectivity index (χ4n) is 1.85. The summed E-state index contributed by atoms with van der Waals surface area (Å²) in [6, 6.07) is 4.13. The van der Waals surface area contributed by atoms with Gasteiger partial charge in [0.05, 0.1) is 5.56 Å². The largest absolute Gasteiger partial charge is 0.347 e. The minimum absolute atomic E-state index is 0.108. The lowest BCUT2D eigenvalue weighted by molar-refractivity contribution is 0.0849. The predicted molar refractivity (Wildman–Crippen MR) is 63.8 cm³/mol. The van der Waals surface area contributed by atoms with E-state index in [9.17, 15) is 9.18 Å². The minimum atomic E-state index is -0.396. The van der Waals surface area contributed by atoms with E-state index >= 15 is 0 Å². The molecule has 0 atom stereocenters. The van der Waals surface area contributed by atoms with Crippen molar-refractivity contribution in [1.82, 2.24) is 5.32 Å². The van der Waals surface area contributed by atoms with Gasteiger partial charge in [-0.1, -0.05) is 0 Å². The van der Waals surface area contributed by atoms with Crippen molar-refractivity contribution in [1.29, 1.82) is 0 Å². The zero-order chi connectivity index (χ0) is 11.8. The summed E-state index contributed by atoms with van der Waals surface area (Å²) >= 11 is 3.25. The van der Waals surface area contributed by atoms with E-state index in [1.54, 1.807) is 6.07 Å². The van der Waals surface area contributed by atoms with Crippen LogP contribution in [0.5, 0.6) is 0 Å². The van der Waals surface area contributed by atoms with Crippen LogP contribution in [0.1, 0.15) is 36.5 Å². The van der Waals surface area contributed by atoms with Gasteiger partial charge in [0.25, 0.3) is 5.91 Å². The van der Waals surface area contributed by atoms with Crippen molar-refractivity contribution in [3.8, 4) is 0 Å². The van der Waals surface area contributed by atoms with Gasteiger partial charge in [0, 0.05) is 10.0 Å². The SMILES string of the molecule is CC1(NC(=O)c2cc(F)ccc2Br)CCC1. The van der Waals surface area contributed by atoms with Gasteiger partial charge in [-0.15, -0.1) is 0 Å². The molecule has 0 radical (unpaired) electrons. The number of nitrogens with one attached hydrogen (secondary N) is 1. The molecule has 0 saturated heterocycles. The molecule has 0 aromatic heterocycles. The number of carbonyl (C=O) groups excluding carboxylic acids is 1. The lowest BCUT2D eigenvalue weighted by Crippen LogP contribution is -2.51. The van der Waals surface area contributed by atoms with Crippen LogP contribution in [0.15, 0.2) is 22.7 Å². The molecule has 0 unspecified atom stereocenters. The van der Waals surface area contributed by atoms with E-state index in [0.717, 1.165) is 19.3 Å². The van der Waals surface area contributed by atoms with Crippen molar-refractivity contribution in [2.24, 2.45) is 0 Å². The highest BCUT2D eigenvalue weighted by molar-refractivity contribution is 9.10. The van der Waals surface area contributed by atoms with Gasteiger partial charge >= 0.3 is 0 Å². The molecule has 1 aliphatic rings. The van der Waals surface area contributed by atoms with E-state index in [2.05, 4.69) is 21.2 Å². The van der Waals surface area contributed by atoms with E-state index < -0.39 is 5.82 Å². The molecule has 1 aromatic carbocycles. The summed E-state index contributed by atoms with van der Waals surface area (Å²) in [4.78, 5) is 11.9. The Hall–Kier alpha value is -0.900. The van der Waals surface area contributed by atoms with Crippen LogP contribution >= 0.6 is 15.9 Å². The van der Waals surface area contributed by atoms with E-state index in [-0.39, 0.29) is 11.4 Å². The Morgan fingerprint density at radius 3 is 2.75 bits per heavy atom. The summed E-state index contributed by atoms with van der Waals surface area (Å²) < 4.78 is 13.7. The number of rotatable bonds is 2. The van der Waals surface area contributed by atoms with Crippen molar-refractivity contribution < 1.29 is 9.18 Å². The van der Waals surface area contributed by atoms with Gasteiger partial charge in [0.15, 0.2) is 0 Å². The molecule has 1 fully saturated rings. The van der Waals surface area contributed by atoms with Crippen molar-refractivity contribution in [3.63, 3.8) is 0 Å². The minimum Gasteiger partial charge on any atom is -0.347 e. The third kappa shape index (κ3) is 2.26. The molecule has 1 N–H and O–H groups in total. The molecule has 1 amide bonds. The van der Waals surface area contributed by atoms with Crippen molar-refractivity contribution in [2.75, 3.05) is 0 Å². The summed E-state index contributed by atoms with van der Waals surface area (Å²) in [5.41, 5.74) is 0.246. The molecule has 0 heterocycles. The maximum Gasteiger partial charge on any atom is 0.252 e. The first-order valence-electron chi connectivity index (χ1n) is 5.28. The number of halogens is 2. The Bertz CT molecular complexity index is 429. The van der Waals surface area contributed by atoms with Crippen LogP contribution < -0.4 is 5.32 Å². The Balaban J connectivity index is 2.17. The van der Waals surface area contributed by atoms with Crippen molar-refractivity contribution in [3.05, 3.63) is 34.1 Å². The molecule has 0 aliphatic heterocycles. The molecule has 0 bridgehead atoms. The van der Waals surface area contributed by atoms with Crippen LogP contribution in [0.2, 0.25) is 0 Å². The molecule has 1 saturated carbocycles. The second-order valence-corrected chi connectivity index (χ2v) is 5.35. The average molecular weight is 286 g/mol. The molecule has 0 spiro atoms. The maximum absolute atomic E-state index is 13.0. The summed E-state index contributed by atoms with van der Waals surface area (Å²) in [5.74, 6) is -0.610. The van der Waals surface area contributed by atoms with Crippen LogP contribution in [0.3, 0.4) is 0 Å². The zero-order valence-electron chi connectivity index (χ0n) is 9.02. The molecular weight excluding hydrogens is 273 g/mol. The Labute approximate surface area is 102 Å². The molecule has 4 heteroatoms. The summed E-state index contributed by atoms with van der Waals surface area (Å²) in [6.45, 7) is 2.02. The van der Waals surface area contributed by atoms with Gasteiger partial charge in [0.1, 0.15) is 5.82 Å². The third-order valence-corrected chi connectivity index (χ3v) is 3.74. The number of carbonyl (C=O) groups is 1. The lowest BCUT2D eigenvalue weighted by Gasteiger charge is -2.39. The van der Waals surface area contributed by atoms with Gasteiger partial charge in [-0.2, -0.15) is 0 Å². The smallest absolute Gasteiger partial charge is 0.252 e. The molecule has 2 rings (SSSR count). The van der Waals surface area contributed by atoms with Crippen LogP contribution in [-0.2, 0) is 0 Å². The van der Waals surface area contributed by atoms with E-state index in [1.165, 1.54) is 12.1 Å². The molecular formula is C12H13BrFNO. The standard InChI is InChI=1S/C12H13BrFNO/c1-12(5-2-6-12)15-11(16)9-7-8(14)3-4-10(9)13/h3-4,7H,2,5-6H2,1H3,(H,15,16). The number of benzene rings is 1. The maximum atomic E-state index is 13.0. The summed E-state index contributed by atoms with van der Waals surface area (Å²) in [7, 11) is 0. The van der Waals surface area contributed by atoms with Gasteiger partial charge < -0.3 is 5.32 Å². The molecule has 1 aromatic rings. The van der Waals surface area contributed by atoms with E-state index in [0.29, 0.717) is 10.0 Å². The second-order valence-electron chi connectivity index (χ2n) is 4.49. The van der Waals surface area contributed by atoms with Crippen molar-refractivity contribution >= 4 is 21.8 Å². The van der Waals surface area contributed by atoms with E-state index in [4.69, 9.17) is 0 Å². The molecule has 2 nitrogen and oxygen atoms in total. The predicted octanol–water partition coefficient (Wildman–Crippen LogP) is 3.26. The van der Waals surface area contributed by atoms with Gasteiger partial charge in [-0.3, -0.25) is 4.79 Å². The van der Waals surface area contributed by atoms with E-state index in [1.807, 2.05) is 6.92 Å². The summed E-state index contributed by atoms with van der Waals surface area (Å²) in [6.07, 6.45) is 3.12. The fourth-order valence-corrected chi connectivity index (χ4v) is 2.27. The van der Waals surface area contributed by atoms with Gasteiger partial charge in [-0.25, -0.2) is 4.39 Å². The normalized spacial score (nSPS) is 17.7. The number of hydrogen-bond donors (Lipinski definition) is 1. The van der Waals surface area contributed by atoms with Crippen LogP contribution in [0.25, 0.3) is 0 Å². The quantitative estimate of drug-likeness (QED) is 0.888. The molecule has 1 aliphatic carbocycles. The number of hydrogen-bond acceptors (Lipinski definition) is 1. The van der Waals surface area contributed by atoms with Gasteiger partial charge in [0.2, 0.25) is 0 Å². The Morgan fingerprint density at radius 1 is 1.50 bits per heavy atom. The first-order chi connectivity index (χ1) is 7.50. The Kier molecular flexibility index (Phi) is 3.02. The van der Waals surface area contributed by atoms with Crippen LogP contribution in [0.4, 0.5) is 4.39 Å².